The van der Waals surface area contributed by atoms with E-state index in [4.69, 9.17) is 0 Å². The minimum Gasteiger partial charge on any atom is -0.356 e. The molecule has 6 heteroatoms. The second-order valence-corrected chi connectivity index (χ2v) is 5.60. The van der Waals surface area contributed by atoms with Crippen LogP contribution in [0.2, 0.25) is 0 Å². The van der Waals surface area contributed by atoms with Gasteiger partial charge in [0.15, 0.2) is 5.69 Å². The molecule has 1 aliphatic rings. The summed E-state index contributed by atoms with van der Waals surface area (Å²) in [6.45, 7) is 3.66. The van der Waals surface area contributed by atoms with Crippen LogP contribution in [0.1, 0.15) is 30.3 Å². The highest BCUT2D eigenvalue weighted by molar-refractivity contribution is 6.04. The van der Waals surface area contributed by atoms with Gasteiger partial charge in [0.2, 0.25) is 5.91 Å². The first-order valence-electron chi connectivity index (χ1n) is 7.70. The molecule has 1 aromatic carbocycles. The Bertz CT molecular complexity index is 694. The first-order chi connectivity index (χ1) is 10.7. The molecule has 1 fully saturated rings. The fourth-order valence-electron chi connectivity index (χ4n) is 2.97. The summed E-state index contributed by atoms with van der Waals surface area (Å²) in [5.41, 5.74) is 1.29. The van der Waals surface area contributed by atoms with Crippen LogP contribution in [0.5, 0.6) is 0 Å². The number of benzene rings is 1. The Balaban J connectivity index is 1.78. The third-order valence-electron chi connectivity index (χ3n) is 4.10. The molecule has 2 amide bonds. The van der Waals surface area contributed by atoms with E-state index in [1.165, 1.54) is 0 Å². The predicted octanol–water partition coefficient (Wildman–Crippen LogP) is 1.55. The second kappa shape index (κ2) is 6.17. The molecule has 0 radical (unpaired) electrons. The molecule has 2 N–H and O–H groups in total. The Morgan fingerprint density at radius 3 is 3.05 bits per heavy atom. The number of para-hydroxylation sites is 1. The smallest absolute Gasteiger partial charge is 0.275 e. The average molecular weight is 300 g/mol. The van der Waals surface area contributed by atoms with E-state index in [1.54, 1.807) is 4.90 Å². The highest BCUT2D eigenvalue weighted by atomic mass is 16.2. The van der Waals surface area contributed by atoms with Crippen LogP contribution in [-0.2, 0) is 4.79 Å². The summed E-state index contributed by atoms with van der Waals surface area (Å²) >= 11 is 0. The van der Waals surface area contributed by atoms with Crippen molar-refractivity contribution < 1.29 is 9.59 Å². The summed E-state index contributed by atoms with van der Waals surface area (Å²) in [4.78, 5) is 26.4. The van der Waals surface area contributed by atoms with Crippen molar-refractivity contribution in [1.29, 1.82) is 0 Å². The molecule has 2 heterocycles. The summed E-state index contributed by atoms with van der Waals surface area (Å²) in [5.74, 6) is -0.193. The number of nitrogens with zero attached hydrogens (tertiary/aromatic N) is 2. The lowest BCUT2D eigenvalue weighted by atomic mass is 9.96. The minimum atomic E-state index is -0.122. The van der Waals surface area contributed by atoms with Gasteiger partial charge in [-0.25, -0.2) is 0 Å². The van der Waals surface area contributed by atoms with E-state index < -0.39 is 0 Å². The largest absolute Gasteiger partial charge is 0.356 e. The van der Waals surface area contributed by atoms with E-state index in [9.17, 15) is 9.59 Å². The van der Waals surface area contributed by atoms with Gasteiger partial charge in [-0.2, -0.15) is 5.10 Å². The number of hydrogen-bond acceptors (Lipinski definition) is 3. The number of aromatic nitrogens is 2. The molecular formula is C16H20N4O2. The summed E-state index contributed by atoms with van der Waals surface area (Å²) in [6, 6.07) is 7.58. The Hall–Kier alpha value is -2.37. The Morgan fingerprint density at radius 2 is 2.23 bits per heavy atom. The summed E-state index contributed by atoms with van der Waals surface area (Å²) in [7, 11) is 0. The van der Waals surface area contributed by atoms with E-state index in [2.05, 4.69) is 15.5 Å². The molecule has 3 rings (SSSR count). The molecule has 0 aliphatic carbocycles. The van der Waals surface area contributed by atoms with Crippen molar-refractivity contribution in [2.24, 2.45) is 5.92 Å². The monoisotopic (exact) mass is 300 g/mol. The standard InChI is InChI=1S/C16H20N4O2/c1-2-17-15(21)11-6-5-9-20(10-11)16(22)14-12-7-3-4-8-13(12)18-19-14/h3-4,7-8,11H,2,5-6,9-10H2,1H3,(H,17,21)(H,18,19). The molecule has 1 atom stereocenters. The highest BCUT2D eigenvalue weighted by Gasteiger charge is 2.30. The van der Waals surface area contributed by atoms with Crippen molar-refractivity contribution in [3.63, 3.8) is 0 Å². The van der Waals surface area contributed by atoms with E-state index in [0.29, 0.717) is 25.3 Å². The quantitative estimate of drug-likeness (QED) is 0.903. The van der Waals surface area contributed by atoms with Crippen LogP contribution in [0.4, 0.5) is 0 Å². The molecule has 0 spiro atoms. The third-order valence-corrected chi connectivity index (χ3v) is 4.10. The average Bonchev–Trinajstić information content (AvgIpc) is 2.98. The van der Waals surface area contributed by atoms with Crippen LogP contribution in [0.25, 0.3) is 10.9 Å². The highest BCUT2D eigenvalue weighted by Crippen LogP contribution is 2.21. The first kappa shape index (κ1) is 14.6. The van der Waals surface area contributed by atoms with Crippen molar-refractivity contribution in [3.05, 3.63) is 30.0 Å². The zero-order chi connectivity index (χ0) is 15.5. The van der Waals surface area contributed by atoms with Gasteiger partial charge in [0.05, 0.1) is 11.4 Å². The molecule has 1 saturated heterocycles. The lowest BCUT2D eigenvalue weighted by molar-refractivity contribution is -0.126. The van der Waals surface area contributed by atoms with Crippen molar-refractivity contribution in [2.45, 2.75) is 19.8 Å². The van der Waals surface area contributed by atoms with Crippen molar-refractivity contribution in [2.75, 3.05) is 19.6 Å². The van der Waals surface area contributed by atoms with Gasteiger partial charge in [-0.1, -0.05) is 18.2 Å². The molecule has 22 heavy (non-hydrogen) atoms. The molecular weight excluding hydrogens is 280 g/mol. The Kier molecular flexibility index (Phi) is 4.09. The molecule has 1 aliphatic heterocycles. The topological polar surface area (TPSA) is 78.1 Å². The molecule has 0 saturated carbocycles. The van der Waals surface area contributed by atoms with Gasteiger partial charge < -0.3 is 10.2 Å². The SMILES string of the molecule is CCNC(=O)C1CCCN(C(=O)c2n[nH]c3ccccc23)C1. The molecule has 2 aromatic rings. The predicted molar refractivity (Wildman–Crippen MR) is 83.4 cm³/mol. The van der Waals surface area contributed by atoms with Crippen molar-refractivity contribution in [3.8, 4) is 0 Å². The van der Waals surface area contributed by atoms with Crippen LogP contribution >= 0.6 is 0 Å². The van der Waals surface area contributed by atoms with Gasteiger partial charge >= 0.3 is 0 Å². The maximum atomic E-state index is 12.7. The van der Waals surface area contributed by atoms with E-state index >= 15 is 0 Å². The van der Waals surface area contributed by atoms with Crippen LogP contribution in [0.15, 0.2) is 24.3 Å². The van der Waals surface area contributed by atoms with Crippen molar-refractivity contribution >= 4 is 22.7 Å². The number of amides is 2. The van der Waals surface area contributed by atoms with Crippen LogP contribution in [0.3, 0.4) is 0 Å². The zero-order valence-corrected chi connectivity index (χ0v) is 12.6. The number of fused-ring (bicyclic) bond motifs is 1. The number of H-pyrrole nitrogens is 1. The van der Waals surface area contributed by atoms with E-state index in [-0.39, 0.29) is 17.7 Å². The van der Waals surface area contributed by atoms with Crippen LogP contribution < -0.4 is 5.32 Å². The third kappa shape index (κ3) is 2.68. The molecule has 6 nitrogen and oxygen atoms in total. The minimum absolute atomic E-state index is 0.0342. The number of piperidine rings is 1. The van der Waals surface area contributed by atoms with Crippen molar-refractivity contribution in [1.82, 2.24) is 20.4 Å². The van der Waals surface area contributed by atoms with Gasteiger partial charge in [0.25, 0.3) is 5.91 Å². The number of carbonyl (C=O) groups excluding carboxylic acids is 2. The maximum Gasteiger partial charge on any atom is 0.275 e. The second-order valence-electron chi connectivity index (χ2n) is 5.60. The number of aromatic amines is 1. The lowest BCUT2D eigenvalue weighted by Crippen LogP contribution is -2.45. The summed E-state index contributed by atoms with van der Waals surface area (Å²) in [5, 5.41) is 10.7. The van der Waals surface area contributed by atoms with Gasteiger partial charge in [-0.05, 0) is 25.8 Å². The first-order valence-corrected chi connectivity index (χ1v) is 7.70. The molecule has 1 unspecified atom stereocenters. The molecule has 1 aromatic heterocycles. The molecule has 0 bridgehead atoms. The summed E-state index contributed by atoms with van der Waals surface area (Å²) < 4.78 is 0. The summed E-state index contributed by atoms with van der Waals surface area (Å²) in [6.07, 6.45) is 1.67. The zero-order valence-electron chi connectivity index (χ0n) is 12.6. The number of rotatable bonds is 3. The fraction of sp³-hybridized carbons (Fsp3) is 0.438. The number of likely N-dealkylation sites (tertiary alicyclic amines) is 1. The van der Waals surface area contributed by atoms with Crippen LogP contribution in [-0.4, -0.2) is 46.5 Å². The normalized spacial score (nSPS) is 18.4. The van der Waals surface area contributed by atoms with E-state index in [0.717, 1.165) is 23.7 Å². The van der Waals surface area contributed by atoms with Gasteiger partial charge in [-0.3, -0.25) is 14.7 Å². The number of nitrogens with one attached hydrogen (secondary N) is 2. The van der Waals surface area contributed by atoms with E-state index in [1.807, 2.05) is 31.2 Å². The maximum absolute atomic E-state index is 12.7. The number of hydrogen-bond donors (Lipinski definition) is 2. The van der Waals surface area contributed by atoms with Gasteiger partial charge in [-0.15, -0.1) is 0 Å². The lowest BCUT2D eigenvalue weighted by Gasteiger charge is -2.31. The Morgan fingerprint density at radius 1 is 1.41 bits per heavy atom. The fourth-order valence-corrected chi connectivity index (χ4v) is 2.97. The number of carbonyl (C=O) groups is 2. The van der Waals surface area contributed by atoms with Gasteiger partial charge in [0, 0.05) is 25.0 Å². The molecule has 116 valence electrons. The van der Waals surface area contributed by atoms with Crippen LogP contribution in [0, 0.1) is 5.92 Å². The Labute approximate surface area is 128 Å². The van der Waals surface area contributed by atoms with Gasteiger partial charge in [0.1, 0.15) is 0 Å².